The van der Waals surface area contributed by atoms with Crippen LogP contribution in [-0.2, 0) is 10.2 Å². The van der Waals surface area contributed by atoms with Crippen molar-refractivity contribution in [3.05, 3.63) is 35.9 Å². The van der Waals surface area contributed by atoms with Crippen LogP contribution in [0.3, 0.4) is 0 Å². The van der Waals surface area contributed by atoms with Crippen LogP contribution in [0.2, 0.25) is 0 Å². The summed E-state index contributed by atoms with van der Waals surface area (Å²) in [6.07, 6.45) is 1.01. The Morgan fingerprint density at radius 2 is 1.87 bits per heavy atom. The molecule has 0 aromatic heterocycles. The zero-order chi connectivity index (χ0) is 11.1. The number of hydrogen-bond acceptors (Lipinski definition) is 2. The van der Waals surface area contributed by atoms with Crippen molar-refractivity contribution in [2.24, 2.45) is 5.73 Å². The molecular formula is C13H21NO. The largest absolute Gasteiger partial charge is 0.381 e. The highest BCUT2D eigenvalue weighted by molar-refractivity contribution is 5.26. The van der Waals surface area contributed by atoms with E-state index in [0.29, 0.717) is 13.2 Å². The van der Waals surface area contributed by atoms with Crippen molar-refractivity contribution in [1.29, 1.82) is 0 Å². The summed E-state index contributed by atoms with van der Waals surface area (Å²) in [4.78, 5) is 0. The van der Waals surface area contributed by atoms with E-state index in [1.54, 1.807) is 0 Å². The van der Waals surface area contributed by atoms with Crippen LogP contribution in [0.25, 0.3) is 0 Å². The molecule has 0 aliphatic heterocycles. The van der Waals surface area contributed by atoms with Crippen LogP contribution >= 0.6 is 0 Å². The molecule has 0 saturated carbocycles. The van der Waals surface area contributed by atoms with Gasteiger partial charge in [0, 0.05) is 18.6 Å². The van der Waals surface area contributed by atoms with Crippen molar-refractivity contribution >= 4 is 0 Å². The molecule has 0 fully saturated rings. The SMILES string of the molecule is CCOCC(CC)(CN)c1ccccc1. The van der Waals surface area contributed by atoms with Gasteiger partial charge in [0.1, 0.15) is 0 Å². The molecule has 1 rings (SSSR count). The maximum absolute atomic E-state index is 5.91. The van der Waals surface area contributed by atoms with E-state index < -0.39 is 0 Å². The Hall–Kier alpha value is -0.860. The van der Waals surface area contributed by atoms with E-state index in [1.807, 2.05) is 13.0 Å². The van der Waals surface area contributed by atoms with E-state index >= 15 is 0 Å². The summed E-state index contributed by atoms with van der Waals surface area (Å²) in [5.41, 5.74) is 7.18. The van der Waals surface area contributed by atoms with Gasteiger partial charge in [-0.2, -0.15) is 0 Å². The third-order valence-electron chi connectivity index (χ3n) is 3.04. The van der Waals surface area contributed by atoms with Crippen LogP contribution in [-0.4, -0.2) is 19.8 Å². The first-order chi connectivity index (χ1) is 7.29. The molecule has 0 spiro atoms. The second-order valence-electron chi connectivity index (χ2n) is 3.84. The Bertz CT molecular complexity index is 267. The number of nitrogens with two attached hydrogens (primary N) is 1. The van der Waals surface area contributed by atoms with Crippen molar-refractivity contribution < 1.29 is 4.74 Å². The van der Waals surface area contributed by atoms with Gasteiger partial charge in [-0.3, -0.25) is 0 Å². The Labute approximate surface area is 92.4 Å². The number of hydrogen-bond donors (Lipinski definition) is 1. The van der Waals surface area contributed by atoms with Gasteiger partial charge in [0.05, 0.1) is 6.61 Å². The molecule has 0 heterocycles. The Morgan fingerprint density at radius 3 is 2.33 bits per heavy atom. The van der Waals surface area contributed by atoms with E-state index in [1.165, 1.54) is 5.56 Å². The number of rotatable bonds is 6. The summed E-state index contributed by atoms with van der Waals surface area (Å²) >= 11 is 0. The highest BCUT2D eigenvalue weighted by Crippen LogP contribution is 2.27. The summed E-state index contributed by atoms with van der Waals surface area (Å²) in [6.45, 7) is 6.27. The molecular weight excluding hydrogens is 186 g/mol. The lowest BCUT2D eigenvalue weighted by Gasteiger charge is -2.31. The van der Waals surface area contributed by atoms with Gasteiger partial charge in [-0.05, 0) is 18.9 Å². The van der Waals surface area contributed by atoms with Crippen LogP contribution in [0.15, 0.2) is 30.3 Å². The van der Waals surface area contributed by atoms with Gasteiger partial charge in [-0.1, -0.05) is 37.3 Å². The molecule has 0 saturated heterocycles. The molecule has 1 unspecified atom stereocenters. The lowest BCUT2D eigenvalue weighted by molar-refractivity contribution is 0.0923. The monoisotopic (exact) mass is 207 g/mol. The van der Waals surface area contributed by atoms with E-state index in [-0.39, 0.29) is 5.41 Å². The first-order valence-electron chi connectivity index (χ1n) is 5.62. The summed E-state index contributed by atoms with van der Waals surface area (Å²) in [5, 5.41) is 0. The maximum Gasteiger partial charge on any atom is 0.0574 e. The molecule has 84 valence electrons. The molecule has 2 N–H and O–H groups in total. The minimum absolute atomic E-state index is 0.0166. The molecule has 1 aromatic carbocycles. The third-order valence-corrected chi connectivity index (χ3v) is 3.04. The van der Waals surface area contributed by atoms with Crippen molar-refractivity contribution in [3.8, 4) is 0 Å². The fourth-order valence-electron chi connectivity index (χ4n) is 1.80. The van der Waals surface area contributed by atoms with E-state index in [4.69, 9.17) is 10.5 Å². The van der Waals surface area contributed by atoms with E-state index in [0.717, 1.165) is 13.0 Å². The Morgan fingerprint density at radius 1 is 1.20 bits per heavy atom. The minimum Gasteiger partial charge on any atom is -0.381 e. The van der Waals surface area contributed by atoms with Crippen molar-refractivity contribution in [1.82, 2.24) is 0 Å². The first kappa shape index (κ1) is 12.2. The summed E-state index contributed by atoms with van der Waals surface area (Å²) in [5.74, 6) is 0. The molecule has 2 heteroatoms. The van der Waals surface area contributed by atoms with Gasteiger partial charge in [0.25, 0.3) is 0 Å². The first-order valence-corrected chi connectivity index (χ1v) is 5.62. The predicted octanol–water partition coefficient (Wildman–Crippen LogP) is 2.33. The lowest BCUT2D eigenvalue weighted by Crippen LogP contribution is -2.39. The van der Waals surface area contributed by atoms with Gasteiger partial charge in [0.2, 0.25) is 0 Å². The lowest BCUT2D eigenvalue weighted by atomic mass is 9.79. The van der Waals surface area contributed by atoms with Crippen LogP contribution < -0.4 is 5.73 Å². The third kappa shape index (κ3) is 2.80. The average Bonchev–Trinajstić information content (AvgIpc) is 2.33. The minimum atomic E-state index is -0.0166. The zero-order valence-electron chi connectivity index (χ0n) is 9.70. The van der Waals surface area contributed by atoms with E-state index in [2.05, 4.69) is 31.2 Å². The molecule has 0 bridgehead atoms. The van der Waals surface area contributed by atoms with Gasteiger partial charge >= 0.3 is 0 Å². The maximum atomic E-state index is 5.91. The van der Waals surface area contributed by atoms with Gasteiger partial charge in [-0.15, -0.1) is 0 Å². The molecule has 15 heavy (non-hydrogen) atoms. The predicted molar refractivity (Wildman–Crippen MR) is 64.0 cm³/mol. The molecule has 0 aliphatic carbocycles. The van der Waals surface area contributed by atoms with Crippen LogP contribution in [0.5, 0.6) is 0 Å². The number of benzene rings is 1. The van der Waals surface area contributed by atoms with Gasteiger partial charge in [-0.25, -0.2) is 0 Å². The normalized spacial score (nSPS) is 14.9. The molecule has 0 radical (unpaired) electrons. The highest BCUT2D eigenvalue weighted by Gasteiger charge is 2.28. The van der Waals surface area contributed by atoms with Gasteiger partial charge < -0.3 is 10.5 Å². The molecule has 1 aromatic rings. The Balaban J connectivity index is 2.89. The standard InChI is InChI=1S/C13H21NO/c1-3-13(10-14,11-15-4-2)12-8-6-5-7-9-12/h5-9H,3-4,10-11,14H2,1-2H3. The van der Waals surface area contributed by atoms with Crippen LogP contribution in [0.4, 0.5) is 0 Å². The molecule has 2 nitrogen and oxygen atoms in total. The van der Waals surface area contributed by atoms with Gasteiger partial charge in [0.15, 0.2) is 0 Å². The quantitative estimate of drug-likeness (QED) is 0.777. The molecule has 0 aliphatic rings. The fraction of sp³-hybridized carbons (Fsp3) is 0.538. The zero-order valence-corrected chi connectivity index (χ0v) is 9.70. The number of ether oxygens (including phenoxy) is 1. The molecule has 0 amide bonds. The van der Waals surface area contributed by atoms with Crippen LogP contribution in [0, 0.1) is 0 Å². The van der Waals surface area contributed by atoms with Crippen LogP contribution in [0.1, 0.15) is 25.8 Å². The highest BCUT2D eigenvalue weighted by atomic mass is 16.5. The second-order valence-corrected chi connectivity index (χ2v) is 3.84. The summed E-state index contributed by atoms with van der Waals surface area (Å²) in [7, 11) is 0. The average molecular weight is 207 g/mol. The summed E-state index contributed by atoms with van der Waals surface area (Å²) in [6, 6.07) is 10.4. The van der Waals surface area contributed by atoms with Crippen molar-refractivity contribution in [3.63, 3.8) is 0 Å². The Kier molecular flexibility index (Phi) is 4.79. The van der Waals surface area contributed by atoms with E-state index in [9.17, 15) is 0 Å². The fourth-order valence-corrected chi connectivity index (χ4v) is 1.80. The van der Waals surface area contributed by atoms with Crippen molar-refractivity contribution in [2.45, 2.75) is 25.7 Å². The smallest absolute Gasteiger partial charge is 0.0574 e. The topological polar surface area (TPSA) is 35.2 Å². The summed E-state index contributed by atoms with van der Waals surface area (Å²) < 4.78 is 5.56. The second kappa shape index (κ2) is 5.89. The molecule has 1 atom stereocenters. The van der Waals surface area contributed by atoms with Crippen molar-refractivity contribution in [2.75, 3.05) is 19.8 Å².